The van der Waals surface area contributed by atoms with E-state index in [9.17, 15) is 28.5 Å². The van der Waals surface area contributed by atoms with Crippen molar-refractivity contribution in [1.29, 1.82) is 0 Å². The lowest BCUT2D eigenvalue weighted by Crippen LogP contribution is -2.60. The molecule has 1 fully saturated rings. The molecule has 0 aromatic rings. The van der Waals surface area contributed by atoms with E-state index in [0.717, 1.165) is 44.9 Å². The van der Waals surface area contributed by atoms with E-state index in [0.29, 0.717) is 13.0 Å². The summed E-state index contributed by atoms with van der Waals surface area (Å²) in [5.74, 6) is -0.405. The average Bonchev–Trinajstić information content (AvgIpc) is 3.19. The Balaban J connectivity index is 2.26. The number of rotatable bonds is 40. The molecule has 0 saturated carbocycles. The molecule has 0 bridgehead atoms. The standard InChI is InChI=1S/C45H84O12S/c1-3-5-7-9-11-12-13-14-15-16-17-18-19-20-21-22-23-24-25-26-27-29-31-33-35-53-37-39(55-41(47)34-32-30-28-10-8-6-4-2)38-54-45-43(49)44(57-58(50,51)52)42(48)40(36-46)56-45/h13-14,16-17,39-40,42-46,48-49H,3-12,15,18-38H2,1-2H3,(H,50,51,52)/b14-13-,17-16-. The molecule has 0 amide bonds. The highest BCUT2D eigenvalue weighted by Crippen LogP contribution is 2.26. The van der Waals surface area contributed by atoms with E-state index in [1.807, 2.05) is 0 Å². The van der Waals surface area contributed by atoms with Crippen LogP contribution in [0.5, 0.6) is 0 Å². The summed E-state index contributed by atoms with van der Waals surface area (Å²) >= 11 is 0. The lowest BCUT2D eigenvalue weighted by molar-refractivity contribution is -0.301. The van der Waals surface area contributed by atoms with Gasteiger partial charge in [0, 0.05) is 13.0 Å². The number of aliphatic hydroxyl groups is 3. The Morgan fingerprint density at radius 1 is 0.655 bits per heavy atom. The second-order valence-electron chi connectivity index (χ2n) is 16.0. The van der Waals surface area contributed by atoms with Crippen LogP contribution >= 0.6 is 0 Å². The number of allylic oxidation sites excluding steroid dienone is 4. The second kappa shape index (κ2) is 37.4. The smallest absolute Gasteiger partial charge is 0.397 e. The number of hydrogen-bond acceptors (Lipinski definition) is 11. The maximum atomic E-state index is 12.7. The predicted molar refractivity (Wildman–Crippen MR) is 230 cm³/mol. The molecule has 1 aliphatic heterocycles. The third-order valence-corrected chi connectivity index (χ3v) is 11.0. The summed E-state index contributed by atoms with van der Waals surface area (Å²) < 4.78 is 58.8. The van der Waals surface area contributed by atoms with Gasteiger partial charge in [0.15, 0.2) is 6.29 Å². The van der Waals surface area contributed by atoms with E-state index in [1.165, 1.54) is 122 Å². The van der Waals surface area contributed by atoms with Crippen LogP contribution in [0.2, 0.25) is 0 Å². The summed E-state index contributed by atoms with van der Waals surface area (Å²) in [6.45, 7) is 3.93. The molecule has 0 aromatic carbocycles. The Morgan fingerprint density at radius 3 is 1.64 bits per heavy atom. The van der Waals surface area contributed by atoms with Crippen LogP contribution in [0.1, 0.15) is 194 Å². The molecule has 1 rings (SSSR count). The van der Waals surface area contributed by atoms with Crippen LogP contribution < -0.4 is 0 Å². The number of carbonyl (C=O) groups is 1. The molecular weight excluding hydrogens is 765 g/mol. The molecular formula is C45H84O12S. The molecule has 0 aromatic heterocycles. The van der Waals surface area contributed by atoms with Gasteiger partial charge < -0.3 is 34.3 Å². The van der Waals surface area contributed by atoms with Crippen LogP contribution in [0.4, 0.5) is 0 Å². The van der Waals surface area contributed by atoms with E-state index >= 15 is 0 Å². The van der Waals surface area contributed by atoms with Crippen LogP contribution in [0.25, 0.3) is 0 Å². The molecule has 1 heterocycles. The van der Waals surface area contributed by atoms with Gasteiger partial charge in [0.1, 0.15) is 30.5 Å². The summed E-state index contributed by atoms with van der Waals surface area (Å²) in [4.78, 5) is 12.7. The van der Waals surface area contributed by atoms with Gasteiger partial charge in [-0.15, -0.1) is 0 Å². The zero-order valence-electron chi connectivity index (χ0n) is 36.4. The first kappa shape index (κ1) is 54.6. The zero-order chi connectivity index (χ0) is 42.5. The van der Waals surface area contributed by atoms with Crippen molar-refractivity contribution in [3.8, 4) is 0 Å². The molecule has 342 valence electrons. The Bertz CT molecular complexity index is 1120. The highest BCUT2D eigenvalue weighted by Gasteiger charge is 2.48. The fraction of sp³-hybridized carbons (Fsp3) is 0.889. The Kier molecular flexibility index (Phi) is 35.2. The highest BCUT2D eigenvalue weighted by atomic mass is 32.3. The molecule has 1 saturated heterocycles. The van der Waals surface area contributed by atoms with Crippen molar-refractivity contribution in [2.24, 2.45) is 0 Å². The number of unbranched alkanes of at least 4 members (excludes halogenated alkanes) is 23. The summed E-state index contributed by atoms with van der Waals surface area (Å²) in [7, 11) is -5.05. The zero-order valence-corrected chi connectivity index (χ0v) is 37.2. The maximum Gasteiger partial charge on any atom is 0.397 e. The molecule has 0 spiro atoms. The van der Waals surface area contributed by atoms with Crippen LogP contribution in [0.15, 0.2) is 24.3 Å². The Labute approximate surface area is 352 Å². The summed E-state index contributed by atoms with van der Waals surface area (Å²) in [5, 5.41) is 30.6. The van der Waals surface area contributed by atoms with E-state index in [1.54, 1.807) is 0 Å². The van der Waals surface area contributed by atoms with Crippen molar-refractivity contribution in [2.75, 3.05) is 26.4 Å². The van der Waals surface area contributed by atoms with Gasteiger partial charge in [0.05, 0.1) is 19.8 Å². The van der Waals surface area contributed by atoms with Crippen molar-refractivity contribution in [3.63, 3.8) is 0 Å². The van der Waals surface area contributed by atoms with E-state index < -0.39 is 59.8 Å². The van der Waals surface area contributed by atoms with Crippen molar-refractivity contribution in [1.82, 2.24) is 0 Å². The third-order valence-electron chi connectivity index (χ3n) is 10.6. The van der Waals surface area contributed by atoms with Crippen LogP contribution in [-0.2, 0) is 38.3 Å². The normalized spacial score (nSPS) is 20.7. The molecule has 0 radical (unpaired) electrons. The van der Waals surface area contributed by atoms with Crippen molar-refractivity contribution < 1.29 is 56.2 Å². The third kappa shape index (κ3) is 30.6. The van der Waals surface area contributed by atoms with Crippen molar-refractivity contribution >= 4 is 16.4 Å². The molecule has 12 nitrogen and oxygen atoms in total. The van der Waals surface area contributed by atoms with Crippen LogP contribution in [-0.4, -0.2) is 97.5 Å². The number of carbonyl (C=O) groups excluding carboxylic acids is 1. The van der Waals surface area contributed by atoms with E-state index in [-0.39, 0.29) is 19.6 Å². The fourth-order valence-corrected chi connectivity index (χ4v) is 7.56. The maximum absolute atomic E-state index is 12.7. The topological polar surface area (TPSA) is 178 Å². The quantitative estimate of drug-likeness (QED) is 0.0199. The molecule has 6 atom stereocenters. The summed E-state index contributed by atoms with van der Waals surface area (Å²) in [6, 6.07) is 0. The van der Waals surface area contributed by atoms with Crippen molar-refractivity contribution in [2.45, 2.75) is 230 Å². The minimum Gasteiger partial charge on any atom is -0.457 e. The SMILES string of the molecule is CCCCCCC/C=C\C/C=C\CCCCCCCCCCCCCCOCC(COC1OC(CO)C(O)C(OS(=O)(=O)O)C1O)OC(=O)CCCCCCCCC. The number of hydrogen-bond donors (Lipinski definition) is 4. The van der Waals surface area contributed by atoms with Gasteiger partial charge >= 0.3 is 16.4 Å². The first-order valence-electron chi connectivity index (χ1n) is 23.1. The molecule has 1 aliphatic rings. The lowest BCUT2D eigenvalue weighted by atomic mass is 9.99. The largest absolute Gasteiger partial charge is 0.457 e. The molecule has 4 N–H and O–H groups in total. The summed E-state index contributed by atoms with van der Waals surface area (Å²) in [6.07, 6.45) is 32.5. The molecule has 58 heavy (non-hydrogen) atoms. The van der Waals surface area contributed by atoms with Gasteiger partial charge in [-0.3, -0.25) is 9.35 Å². The number of aliphatic hydroxyl groups excluding tert-OH is 3. The van der Waals surface area contributed by atoms with Gasteiger partial charge in [0.2, 0.25) is 0 Å². The number of esters is 1. The fourth-order valence-electron chi connectivity index (χ4n) is 7.06. The average molecular weight is 849 g/mol. The first-order chi connectivity index (χ1) is 28.1. The van der Waals surface area contributed by atoms with Crippen molar-refractivity contribution in [3.05, 3.63) is 24.3 Å². The highest BCUT2D eigenvalue weighted by molar-refractivity contribution is 7.80. The van der Waals surface area contributed by atoms with E-state index in [4.69, 9.17) is 23.5 Å². The molecule has 6 unspecified atom stereocenters. The monoisotopic (exact) mass is 849 g/mol. The second-order valence-corrected chi connectivity index (χ2v) is 17.0. The van der Waals surface area contributed by atoms with Crippen LogP contribution in [0, 0.1) is 0 Å². The minimum absolute atomic E-state index is 0.0379. The summed E-state index contributed by atoms with van der Waals surface area (Å²) in [5.41, 5.74) is 0. The number of ether oxygens (including phenoxy) is 4. The van der Waals surface area contributed by atoms with Gasteiger partial charge in [-0.1, -0.05) is 167 Å². The van der Waals surface area contributed by atoms with E-state index in [2.05, 4.69) is 42.3 Å². The van der Waals surface area contributed by atoms with Gasteiger partial charge in [0.25, 0.3) is 0 Å². The Hall–Kier alpha value is -1.42. The molecule has 13 heteroatoms. The van der Waals surface area contributed by atoms with Gasteiger partial charge in [-0.25, -0.2) is 4.18 Å². The van der Waals surface area contributed by atoms with Gasteiger partial charge in [-0.2, -0.15) is 8.42 Å². The predicted octanol–water partition coefficient (Wildman–Crippen LogP) is 9.63. The van der Waals surface area contributed by atoms with Crippen LogP contribution in [0.3, 0.4) is 0 Å². The first-order valence-corrected chi connectivity index (χ1v) is 24.5. The minimum atomic E-state index is -5.05. The lowest BCUT2D eigenvalue weighted by Gasteiger charge is -2.41. The Morgan fingerprint density at radius 2 is 1.14 bits per heavy atom. The van der Waals surface area contributed by atoms with Gasteiger partial charge in [-0.05, 0) is 44.9 Å². The molecule has 0 aliphatic carbocycles.